The van der Waals surface area contributed by atoms with Crippen LogP contribution in [0.4, 0.5) is 5.13 Å². The van der Waals surface area contributed by atoms with Gasteiger partial charge in [-0.1, -0.05) is 0 Å². The molecule has 1 aliphatic rings. The van der Waals surface area contributed by atoms with Crippen LogP contribution in [0.1, 0.15) is 46.2 Å². The van der Waals surface area contributed by atoms with Crippen molar-refractivity contribution in [3.63, 3.8) is 0 Å². The van der Waals surface area contributed by atoms with Crippen LogP contribution in [-0.2, 0) is 11.2 Å². The Morgan fingerprint density at radius 3 is 2.70 bits per heavy atom. The Balaban J connectivity index is 1.87. The van der Waals surface area contributed by atoms with E-state index >= 15 is 0 Å². The second-order valence-corrected chi connectivity index (χ2v) is 8.79. The van der Waals surface area contributed by atoms with E-state index in [1.165, 1.54) is 12.8 Å². The number of carbonyl (C=O) groups excluding carboxylic acids is 1. The Hall–Kier alpha value is -1.83. The van der Waals surface area contributed by atoms with Crippen LogP contribution in [0.2, 0.25) is 0 Å². The average molecular weight is 395 g/mol. The number of amides is 1. The monoisotopic (exact) mass is 394 g/mol. The normalized spacial score (nSPS) is 15.1. The quantitative estimate of drug-likeness (QED) is 0.547. The summed E-state index contributed by atoms with van der Waals surface area (Å²) in [7, 11) is 1.89. The molecule has 0 spiro atoms. The van der Waals surface area contributed by atoms with Gasteiger partial charge in [0.05, 0.1) is 12.2 Å². The highest BCUT2D eigenvalue weighted by atomic mass is 32.1. The molecule has 0 aliphatic carbocycles. The summed E-state index contributed by atoms with van der Waals surface area (Å²) in [6.45, 7) is 11.9. The Morgan fingerprint density at radius 2 is 2.07 bits per heavy atom. The van der Waals surface area contributed by atoms with E-state index in [1.54, 1.807) is 11.3 Å². The Labute approximate surface area is 167 Å². The van der Waals surface area contributed by atoms with Gasteiger partial charge in [0.1, 0.15) is 0 Å². The van der Waals surface area contributed by atoms with Gasteiger partial charge in [0.25, 0.3) is 0 Å². The summed E-state index contributed by atoms with van der Waals surface area (Å²) < 4.78 is 0. The molecule has 1 amide bonds. The van der Waals surface area contributed by atoms with Gasteiger partial charge in [0, 0.05) is 50.6 Å². The van der Waals surface area contributed by atoms with E-state index in [2.05, 4.69) is 25.9 Å². The lowest BCUT2D eigenvalue weighted by molar-refractivity contribution is -0.122. The summed E-state index contributed by atoms with van der Waals surface area (Å²) in [4.78, 5) is 25.8. The number of thiazole rings is 1. The van der Waals surface area contributed by atoms with Gasteiger partial charge in [-0.05, 0) is 40.5 Å². The van der Waals surface area contributed by atoms with E-state index in [-0.39, 0.29) is 18.0 Å². The number of rotatable bonds is 7. The molecule has 7 nitrogen and oxygen atoms in total. The Morgan fingerprint density at radius 1 is 1.37 bits per heavy atom. The van der Waals surface area contributed by atoms with E-state index in [0.29, 0.717) is 6.54 Å². The molecule has 2 N–H and O–H groups in total. The molecule has 1 aromatic rings. The van der Waals surface area contributed by atoms with Gasteiger partial charge < -0.3 is 20.4 Å². The van der Waals surface area contributed by atoms with Crippen LogP contribution >= 0.6 is 11.3 Å². The number of nitrogens with zero attached hydrogens (tertiary/aromatic N) is 4. The number of likely N-dealkylation sites (N-methyl/N-ethyl adjacent to an activating group) is 1. The lowest BCUT2D eigenvalue weighted by atomic mass is 10.1. The van der Waals surface area contributed by atoms with E-state index in [0.717, 1.165) is 42.8 Å². The molecule has 8 heteroatoms. The predicted molar refractivity (Wildman–Crippen MR) is 114 cm³/mol. The maximum atomic E-state index is 12.2. The highest BCUT2D eigenvalue weighted by molar-refractivity contribution is 7.13. The maximum Gasteiger partial charge on any atom is 0.240 e. The highest BCUT2D eigenvalue weighted by Crippen LogP contribution is 2.24. The number of guanidine groups is 1. The van der Waals surface area contributed by atoms with E-state index in [9.17, 15) is 4.79 Å². The first kappa shape index (κ1) is 21.5. The minimum absolute atomic E-state index is 0.00893. The van der Waals surface area contributed by atoms with Crippen LogP contribution < -0.4 is 15.5 Å². The van der Waals surface area contributed by atoms with Crippen molar-refractivity contribution >= 4 is 28.3 Å². The largest absolute Gasteiger partial charge is 0.357 e. The zero-order valence-electron chi connectivity index (χ0n) is 17.3. The molecule has 0 aromatic carbocycles. The minimum atomic E-state index is -0.231. The third-order valence-electron chi connectivity index (χ3n) is 4.14. The number of aromatic nitrogens is 1. The van der Waals surface area contributed by atoms with Crippen molar-refractivity contribution in [1.29, 1.82) is 0 Å². The van der Waals surface area contributed by atoms with Crippen molar-refractivity contribution < 1.29 is 4.79 Å². The lowest BCUT2D eigenvalue weighted by Gasteiger charge is -2.25. The summed E-state index contributed by atoms with van der Waals surface area (Å²) in [5, 5.41) is 9.51. The molecule has 1 fully saturated rings. The van der Waals surface area contributed by atoms with Crippen molar-refractivity contribution in [1.82, 2.24) is 20.5 Å². The summed E-state index contributed by atoms with van der Waals surface area (Å²) in [5.41, 5.74) is 0.861. The molecule has 1 aliphatic heterocycles. The van der Waals surface area contributed by atoms with Crippen LogP contribution in [0.5, 0.6) is 0 Å². The van der Waals surface area contributed by atoms with E-state index in [4.69, 9.17) is 4.98 Å². The maximum absolute atomic E-state index is 12.2. The summed E-state index contributed by atoms with van der Waals surface area (Å²) >= 11 is 1.72. The zero-order valence-corrected chi connectivity index (χ0v) is 18.2. The molecular formula is C19H34N6OS. The molecule has 27 heavy (non-hydrogen) atoms. The van der Waals surface area contributed by atoms with Crippen molar-refractivity contribution in [2.75, 3.05) is 44.7 Å². The highest BCUT2D eigenvalue weighted by Gasteiger charge is 2.17. The van der Waals surface area contributed by atoms with E-state index < -0.39 is 0 Å². The molecule has 152 valence electrons. The second kappa shape index (κ2) is 9.92. The first-order chi connectivity index (χ1) is 12.8. The molecular weight excluding hydrogens is 360 g/mol. The fraction of sp³-hybridized carbons (Fsp3) is 0.737. The van der Waals surface area contributed by atoms with Crippen molar-refractivity contribution in [2.45, 2.75) is 52.5 Å². The zero-order chi connectivity index (χ0) is 19.9. The van der Waals surface area contributed by atoms with Crippen LogP contribution in [0, 0.1) is 0 Å². The fourth-order valence-electron chi connectivity index (χ4n) is 2.96. The van der Waals surface area contributed by atoms with Crippen LogP contribution in [-0.4, -0.2) is 67.1 Å². The predicted octanol–water partition coefficient (Wildman–Crippen LogP) is 2.10. The topological polar surface area (TPSA) is 72.9 Å². The lowest BCUT2D eigenvalue weighted by Crippen LogP contribution is -2.48. The standard InChI is InChI=1S/C19H34N6OS/c1-6-20-17(24(5)13-16(26)23-19(2,3)4)21-10-9-15-14-27-18(22-15)25-11-7-8-12-25/h14H,6-13H2,1-5H3,(H,20,21)(H,23,26). The summed E-state index contributed by atoms with van der Waals surface area (Å²) in [6.07, 6.45) is 3.34. The molecule has 0 saturated carbocycles. The Bertz CT molecular complexity index is 630. The SMILES string of the molecule is CCNC(=NCCc1csc(N2CCCC2)n1)N(C)CC(=O)NC(C)(C)C. The first-order valence-corrected chi connectivity index (χ1v) is 10.7. The Kier molecular flexibility index (Phi) is 7.89. The van der Waals surface area contributed by atoms with Crippen molar-refractivity contribution in [3.8, 4) is 0 Å². The summed E-state index contributed by atoms with van der Waals surface area (Å²) in [6, 6.07) is 0. The first-order valence-electron chi connectivity index (χ1n) is 9.78. The molecule has 1 saturated heterocycles. The number of hydrogen-bond acceptors (Lipinski definition) is 5. The van der Waals surface area contributed by atoms with Gasteiger partial charge in [-0.15, -0.1) is 11.3 Å². The number of hydrogen-bond donors (Lipinski definition) is 2. The van der Waals surface area contributed by atoms with Gasteiger partial charge in [-0.3, -0.25) is 9.79 Å². The molecule has 0 atom stereocenters. The third-order valence-corrected chi connectivity index (χ3v) is 5.09. The smallest absolute Gasteiger partial charge is 0.240 e. The van der Waals surface area contributed by atoms with Crippen molar-refractivity contribution in [3.05, 3.63) is 11.1 Å². The van der Waals surface area contributed by atoms with Gasteiger partial charge in [0.15, 0.2) is 11.1 Å². The fourth-order valence-corrected chi connectivity index (χ4v) is 3.87. The molecule has 0 radical (unpaired) electrons. The van der Waals surface area contributed by atoms with Gasteiger partial charge >= 0.3 is 0 Å². The third kappa shape index (κ3) is 7.36. The van der Waals surface area contributed by atoms with E-state index in [1.807, 2.05) is 39.6 Å². The van der Waals surface area contributed by atoms with Crippen molar-refractivity contribution in [2.24, 2.45) is 4.99 Å². The molecule has 2 rings (SSSR count). The average Bonchev–Trinajstić information content (AvgIpc) is 3.23. The van der Waals surface area contributed by atoms with Gasteiger partial charge in [-0.2, -0.15) is 0 Å². The second-order valence-electron chi connectivity index (χ2n) is 7.96. The van der Waals surface area contributed by atoms with Crippen LogP contribution in [0.25, 0.3) is 0 Å². The summed E-state index contributed by atoms with van der Waals surface area (Å²) in [5.74, 6) is 0.738. The molecule has 2 heterocycles. The number of nitrogens with one attached hydrogen (secondary N) is 2. The van der Waals surface area contributed by atoms with Crippen LogP contribution in [0.3, 0.4) is 0 Å². The molecule has 1 aromatic heterocycles. The minimum Gasteiger partial charge on any atom is -0.357 e. The number of carbonyl (C=O) groups is 1. The van der Waals surface area contributed by atoms with Gasteiger partial charge in [-0.25, -0.2) is 4.98 Å². The van der Waals surface area contributed by atoms with Crippen LogP contribution in [0.15, 0.2) is 10.4 Å². The molecule has 0 bridgehead atoms. The molecule has 0 unspecified atom stereocenters. The number of anilines is 1. The van der Waals surface area contributed by atoms with Gasteiger partial charge in [0.2, 0.25) is 5.91 Å². The number of aliphatic imine (C=N–C) groups is 1.